The van der Waals surface area contributed by atoms with Gasteiger partial charge in [-0.15, -0.1) is 0 Å². The van der Waals surface area contributed by atoms with Crippen molar-refractivity contribution in [3.63, 3.8) is 0 Å². The monoisotopic (exact) mass is 470 g/mol. The van der Waals surface area contributed by atoms with E-state index in [4.69, 9.17) is 10.2 Å². The van der Waals surface area contributed by atoms with Crippen molar-refractivity contribution < 1.29 is 55.2 Å². The van der Waals surface area contributed by atoms with Gasteiger partial charge in [0.25, 0.3) is 0 Å². The normalized spacial score (nSPS) is 13.7. The van der Waals surface area contributed by atoms with Gasteiger partial charge in [0.2, 0.25) is 0 Å². The zero-order valence-corrected chi connectivity index (χ0v) is 18.8. The summed E-state index contributed by atoms with van der Waals surface area (Å²) in [6, 6.07) is 0. The Bertz CT molecular complexity index is 679. The Hall–Kier alpha value is -1.07. The van der Waals surface area contributed by atoms with Crippen LogP contribution in [0.5, 0.6) is 0 Å². The molecule has 2 N–H and O–H groups in total. The molecule has 0 aromatic heterocycles. The van der Waals surface area contributed by atoms with Crippen LogP contribution in [0.4, 0.5) is 0 Å². The molecule has 0 amide bonds. The van der Waals surface area contributed by atoms with Crippen LogP contribution >= 0.6 is 0 Å². The van der Waals surface area contributed by atoms with E-state index in [1.54, 1.807) is 13.8 Å². The van der Waals surface area contributed by atoms with Crippen LogP contribution in [0.25, 0.3) is 0 Å². The Labute approximate surface area is 185 Å². The molecule has 29 heavy (non-hydrogen) atoms. The predicted octanol–water partition coefficient (Wildman–Crippen LogP) is -2.36. The smallest absolute Gasteiger partial charge is 0.748 e. The Kier molecular flexibility index (Phi) is 18.8. The first kappa shape index (κ1) is 32.6. The van der Waals surface area contributed by atoms with Gasteiger partial charge in [0, 0.05) is 12.2 Å². The zero-order valence-electron chi connectivity index (χ0n) is 15.8. The Morgan fingerprint density at radius 1 is 0.828 bits per heavy atom. The molecule has 0 aliphatic heterocycles. The van der Waals surface area contributed by atoms with E-state index in [0.717, 1.165) is 12.2 Å². The molecule has 0 aromatic rings. The number of esters is 2. The summed E-state index contributed by atoms with van der Waals surface area (Å²) in [7, 11) is -8.99. The van der Waals surface area contributed by atoms with Crippen molar-refractivity contribution in [2.24, 2.45) is 0 Å². The predicted molar refractivity (Wildman–Crippen MR) is 98.4 cm³/mol. The van der Waals surface area contributed by atoms with Gasteiger partial charge in [-0.05, 0) is 13.8 Å². The fraction of sp³-hybridized carbons (Fsp3) is 0.571. The van der Waals surface area contributed by atoms with Crippen LogP contribution < -0.4 is 0 Å². The van der Waals surface area contributed by atoms with Crippen LogP contribution in [-0.2, 0) is 39.3 Å². The zero-order chi connectivity index (χ0) is 22.4. The topological polar surface area (TPSA) is 207 Å². The number of hydrogen-bond donors (Lipinski definition) is 2. The number of hydrogen-bond acceptors (Lipinski definition) is 12. The molecule has 0 aromatic carbocycles. The molecule has 164 valence electrons. The molecule has 0 aliphatic carbocycles. The summed E-state index contributed by atoms with van der Waals surface area (Å²) in [6.45, 7) is 2.18. The van der Waals surface area contributed by atoms with E-state index >= 15 is 0 Å². The number of aliphatic hydroxyl groups is 2. The van der Waals surface area contributed by atoms with Crippen molar-refractivity contribution in [2.75, 3.05) is 24.7 Å². The quantitative estimate of drug-likeness (QED) is 0.149. The van der Waals surface area contributed by atoms with Crippen LogP contribution in [0.3, 0.4) is 0 Å². The molecule has 0 radical (unpaired) electrons. The second-order valence-electron chi connectivity index (χ2n) is 5.02. The van der Waals surface area contributed by atoms with Gasteiger partial charge in [0.05, 0.1) is 31.7 Å². The van der Waals surface area contributed by atoms with Crippen LogP contribution in [0.15, 0.2) is 24.3 Å². The summed E-state index contributed by atoms with van der Waals surface area (Å²) in [5, 5.41) is 17.8. The summed E-state index contributed by atoms with van der Waals surface area (Å²) in [5.41, 5.74) is 0. The van der Waals surface area contributed by atoms with Crippen molar-refractivity contribution in [1.82, 2.24) is 0 Å². The standard InChI is InChI=1S/2C7H12O6S.Mg/c2*1-2-3-7(9)13-4-6(8)5-14(10,11)12;/h2*2-3,6,8H,4-5H2,1H3,(H,10,11,12);/q;;+2/p-2. The van der Waals surface area contributed by atoms with Gasteiger partial charge >= 0.3 is 35.0 Å². The molecular formula is C14H22MgO12S2. The Balaban J connectivity index is -0.000000451. The molecule has 15 heteroatoms. The first-order valence-electron chi connectivity index (χ1n) is 7.52. The molecule has 0 spiro atoms. The molecule has 0 aliphatic rings. The fourth-order valence-corrected chi connectivity index (χ4v) is 2.43. The van der Waals surface area contributed by atoms with Crippen molar-refractivity contribution in [2.45, 2.75) is 26.1 Å². The van der Waals surface area contributed by atoms with Gasteiger partial charge in [-0.1, -0.05) is 12.2 Å². The van der Waals surface area contributed by atoms with Gasteiger partial charge in [-0.3, -0.25) is 0 Å². The molecular weight excluding hydrogens is 449 g/mol. The second-order valence-corrected chi connectivity index (χ2v) is 7.91. The van der Waals surface area contributed by atoms with E-state index in [0.29, 0.717) is 0 Å². The van der Waals surface area contributed by atoms with Crippen molar-refractivity contribution >= 4 is 55.2 Å². The summed E-state index contributed by atoms with van der Waals surface area (Å²) in [4.78, 5) is 21.3. The first-order valence-corrected chi connectivity index (χ1v) is 10.7. The minimum absolute atomic E-state index is 0. The van der Waals surface area contributed by atoms with Crippen molar-refractivity contribution in [1.29, 1.82) is 0 Å². The minimum atomic E-state index is -4.49. The minimum Gasteiger partial charge on any atom is -0.748 e. The maximum absolute atomic E-state index is 10.7. The number of aliphatic hydroxyl groups excluding tert-OH is 2. The molecule has 2 unspecified atom stereocenters. The summed E-state index contributed by atoms with van der Waals surface area (Å²) < 4.78 is 69.7. The number of allylic oxidation sites excluding steroid dienone is 2. The SMILES string of the molecule is CC=CC(=O)OCC(O)CS(=O)(=O)[O-].CC=CC(=O)OCC(O)CS(=O)(=O)[O-].[Mg+2]. The van der Waals surface area contributed by atoms with E-state index in [1.165, 1.54) is 12.2 Å². The molecule has 0 bridgehead atoms. The summed E-state index contributed by atoms with van der Waals surface area (Å²) in [6.07, 6.45) is 2.12. The molecule has 0 heterocycles. The first-order chi connectivity index (χ1) is 12.7. The van der Waals surface area contributed by atoms with Gasteiger partial charge in [0.15, 0.2) is 0 Å². The average Bonchev–Trinajstić information content (AvgIpc) is 2.49. The number of carbonyl (C=O) groups excluding carboxylic acids is 2. The van der Waals surface area contributed by atoms with Gasteiger partial charge < -0.3 is 28.8 Å². The van der Waals surface area contributed by atoms with E-state index in [1.807, 2.05) is 0 Å². The van der Waals surface area contributed by atoms with E-state index < -0.39 is 69.1 Å². The number of carbonyl (C=O) groups is 2. The molecule has 0 saturated heterocycles. The molecule has 12 nitrogen and oxygen atoms in total. The molecule has 0 rings (SSSR count). The van der Waals surface area contributed by atoms with Gasteiger partial charge in [-0.2, -0.15) is 0 Å². The van der Waals surface area contributed by atoms with Gasteiger partial charge in [-0.25, -0.2) is 26.4 Å². The summed E-state index contributed by atoms with van der Waals surface area (Å²) in [5.74, 6) is -3.32. The molecule has 0 fully saturated rings. The number of ether oxygens (including phenoxy) is 2. The van der Waals surface area contributed by atoms with E-state index in [9.17, 15) is 35.5 Å². The third kappa shape index (κ3) is 26.9. The third-order valence-corrected chi connectivity index (χ3v) is 3.82. The van der Waals surface area contributed by atoms with E-state index in [-0.39, 0.29) is 23.1 Å². The second kappa shape index (κ2) is 16.7. The Morgan fingerprint density at radius 3 is 1.31 bits per heavy atom. The summed E-state index contributed by atoms with van der Waals surface area (Å²) >= 11 is 0. The maximum atomic E-state index is 10.7. The number of rotatable bonds is 10. The molecule has 2 atom stereocenters. The van der Waals surface area contributed by atoms with Crippen LogP contribution in [0.2, 0.25) is 0 Å². The van der Waals surface area contributed by atoms with Crippen molar-refractivity contribution in [3.05, 3.63) is 24.3 Å². The Morgan fingerprint density at radius 2 is 1.10 bits per heavy atom. The van der Waals surface area contributed by atoms with E-state index in [2.05, 4.69) is 9.47 Å². The van der Waals surface area contributed by atoms with Crippen LogP contribution in [0.1, 0.15) is 13.8 Å². The fourth-order valence-electron chi connectivity index (χ4n) is 1.29. The van der Waals surface area contributed by atoms with Crippen LogP contribution in [-0.4, -0.2) is 108 Å². The van der Waals surface area contributed by atoms with Crippen LogP contribution in [0, 0.1) is 0 Å². The van der Waals surface area contributed by atoms with Gasteiger partial charge in [0.1, 0.15) is 25.4 Å². The van der Waals surface area contributed by atoms with Crippen molar-refractivity contribution in [3.8, 4) is 0 Å². The largest absolute Gasteiger partial charge is 2.00 e. The maximum Gasteiger partial charge on any atom is 2.00 e. The molecule has 0 saturated carbocycles. The average molecular weight is 471 g/mol. The third-order valence-electron chi connectivity index (χ3n) is 2.23.